The van der Waals surface area contributed by atoms with Gasteiger partial charge in [0, 0.05) is 0 Å². The van der Waals surface area contributed by atoms with E-state index in [0.29, 0.717) is 0 Å². The summed E-state index contributed by atoms with van der Waals surface area (Å²) >= 11 is 8.64. The number of rotatable bonds is 1. The second-order valence-electron chi connectivity index (χ2n) is 7.50. The molecule has 0 bridgehead atoms. The molecule has 0 N–H and O–H groups in total. The Bertz CT molecular complexity index is 1060. The zero-order chi connectivity index (χ0) is 18.9. The molecular formula is C26H16Br2. The van der Waals surface area contributed by atoms with Gasteiger partial charge in [0.15, 0.2) is 0 Å². The van der Waals surface area contributed by atoms with Crippen molar-refractivity contribution >= 4 is 31.9 Å². The lowest BCUT2D eigenvalue weighted by atomic mass is 9.78. The number of hydrogen-bond donors (Lipinski definition) is 0. The fraction of sp³-hybridized carbons (Fsp3) is 0.0769. The molecule has 0 fully saturated rings. The van der Waals surface area contributed by atoms with E-state index in [2.05, 4.69) is 129 Å². The van der Waals surface area contributed by atoms with E-state index in [1.54, 1.807) is 0 Å². The van der Waals surface area contributed by atoms with E-state index >= 15 is 0 Å². The van der Waals surface area contributed by atoms with E-state index < -0.39 is 8.65 Å². The molecule has 2 heteroatoms. The van der Waals surface area contributed by atoms with Crippen LogP contribution in [-0.4, -0.2) is 0 Å². The van der Waals surface area contributed by atoms with Crippen LogP contribution >= 0.6 is 31.9 Å². The zero-order valence-corrected chi connectivity index (χ0v) is 18.2. The van der Waals surface area contributed by atoms with Gasteiger partial charge in [0.1, 0.15) is 8.65 Å². The summed E-state index contributed by atoms with van der Waals surface area (Å²) in [6.07, 6.45) is 0. The molecule has 4 aromatic rings. The van der Waals surface area contributed by atoms with Crippen molar-refractivity contribution in [2.24, 2.45) is 0 Å². The molecule has 134 valence electrons. The third-order valence-corrected chi connectivity index (χ3v) is 9.68. The highest BCUT2D eigenvalue weighted by Crippen LogP contribution is 2.69. The maximum atomic E-state index is 4.32. The Kier molecular flexibility index (Phi) is 3.40. The summed E-state index contributed by atoms with van der Waals surface area (Å²) in [4.78, 5) is 0. The summed E-state index contributed by atoms with van der Waals surface area (Å²) in [6.45, 7) is 0. The molecule has 0 saturated carbocycles. The number of halogens is 2. The summed E-state index contributed by atoms with van der Waals surface area (Å²) in [6, 6.07) is 35.1. The smallest absolute Gasteiger partial charge is 0.0725 e. The van der Waals surface area contributed by atoms with Crippen molar-refractivity contribution in [2.75, 3.05) is 0 Å². The summed E-state index contributed by atoms with van der Waals surface area (Å²) in [7, 11) is 0. The van der Waals surface area contributed by atoms with Crippen LogP contribution < -0.4 is 0 Å². The van der Waals surface area contributed by atoms with Crippen LogP contribution in [-0.2, 0) is 8.65 Å². The van der Waals surface area contributed by atoms with Crippen molar-refractivity contribution in [1.82, 2.24) is 0 Å². The van der Waals surface area contributed by atoms with Crippen molar-refractivity contribution in [3.05, 3.63) is 119 Å². The van der Waals surface area contributed by atoms with Crippen molar-refractivity contribution in [3.63, 3.8) is 0 Å². The first-order valence-electron chi connectivity index (χ1n) is 9.44. The normalized spacial score (nSPS) is 16.8. The van der Waals surface area contributed by atoms with Crippen LogP contribution in [0.3, 0.4) is 0 Å². The molecule has 0 aliphatic heterocycles. The van der Waals surface area contributed by atoms with Gasteiger partial charge >= 0.3 is 0 Å². The highest BCUT2D eigenvalue weighted by Gasteiger charge is 2.60. The lowest BCUT2D eigenvalue weighted by Crippen LogP contribution is -2.39. The fourth-order valence-corrected chi connectivity index (χ4v) is 7.34. The molecule has 0 nitrogen and oxygen atoms in total. The van der Waals surface area contributed by atoms with Crippen LogP contribution in [0.25, 0.3) is 22.3 Å². The molecule has 6 rings (SSSR count). The van der Waals surface area contributed by atoms with Crippen molar-refractivity contribution in [3.8, 4) is 22.3 Å². The van der Waals surface area contributed by atoms with Gasteiger partial charge in [-0.25, -0.2) is 0 Å². The van der Waals surface area contributed by atoms with Gasteiger partial charge in [0.25, 0.3) is 0 Å². The second kappa shape index (κ2) is 5.68. The Morgan fingerprint density at radius 2 is 0.571 bits per heavy atom. The van der Waals surface area contributed by atoms with E-state index in [-0.39, 0.29) is 0 Å². The monoisotopic (exact) mass is 486 g/mol. The summed E-state index contributed by atoms with van der Waals surface area (Å²) in [5.41, 5.74) is 10.4. The topological polar surface area (TPSA) is 0 Å². The van der Waals surface area contributed by atoms with Gasteiger partial charge in [-0.2, -0.15) is 0 Å². The van der Waals surface area contributed by atoms with Crippen molar-refractivity contribution in [2.45, 2.75) is 8.65 Å². The minimum Gasteiger partial charge on any atom is -0.0725 e. The molecule has 0 amide bonds. The first-order chi connectivity index (χ1) is 13.7. The van der Waals surface area contributed by atoms with Gasteiger partial charge in [0.05, 0.1) is 0 Å². The molecular weight excluding hydrogens is 472 g/mol. The molecule has 4 aromatic carbocycles. The number of fused-ring (bicyclic) bond motifs is 6. The minimum absolute atomic E-state index is 0.407. The lowest BCUT2D eigenvalue weighted by Gasteiger charge is -2.41. The Hall–Kier alpha value is -2.16. The largest absolute Gasteiger partial charge is 0.100 e. The first-order valence-corrected chi connectivity index (χ1v) is 11.0. The van der Waals surface area contributed by atoms with E-state index in [9.17, 15) is 0 Å². The summed E-state index contributed by atoms with van der Waals surface area (Å²) in [5, 5.41) is 0. The predicted molar refractivity (Wildman–Crippen MR) is 123 cm³/mol. The van der Waals surface area contributed by atoms with Gasteiger partial charge in [-0.3, -0.25) is 0 Å². The SMILES string of the molecule is BrC1(C2(Br)c3ccccc3-c3ccccc32)c2ccccc2-c2ccccc21. The number of benzene rings is 4. The Balaban J connectivity index is 1.78. The first kappa shape index (κ1) is 16.8. The summed E-state index contributed by atoms with van der Waals surface area (Å²) < 4.78 is -0.814. The molecule has 0 radical (unpaired) electrons. The molecule has 0 heterocycles. The molecule has 0 unspecified atom stereocenters. The number of alkyl halides is 2. The Morgan fingerprint density at radius 1 is 0.357 bits per heavy atom. The van der Waals surface area contributed by atoms with Crippen LogP contribution in [0.5, 0.6) is 0 Å². The third-order valence-electron chi connectivity index (χ3n) is 6.25. The minimum atomic E-state index is -0.407. The summed E-state index contributed by atoms with van der Waals surface area (Å²) in [5.74, 6) is 0. The van der Waals surface area contributed by atoms with Gasteiger partial charge in [-0.1, -0.05) is 129 Å². The van der Waals surface area contributed by atoms with Crippen molar-refractivity contribution < 1.29 is 0 Å². The Labute approximate surface area is 181 Å². The maximum Gasteiger partial charge on any atom is 0.100 e. The molecule has 0 saturated heterocycles. The molecule has 28 heavy (non-hydrogen) atoms. The molecule has 2 aliphatic rings. The lowest BCUT2D eigenvalue weighted by molar-refractivity contribution is 0.635. The number of hydrogen-bond acceptors (Lipinski definition) is 0. The van der Waals surface area contributed by atoms with Crippen LogP contribution in [0.4, 0.5) is 0 Å². The van der Waals surface area contributed by atoms with E-state index in [1.807, 2.05) is 0 Å². The average molecular weight is 488 g/mol. The van der Waals surface area contributed by atoms with Crippen LogP contribution in [0.1, 0.15) is 22.3 Å². The van der Waals surface area contributed by atoms with Crippen molar-refractivity contribution in [1.29, 1.82) is 0 Å². The van der Waals surface area contributed by atoms with Gasteiger partial charge < -0.3 is 0 Å². The van der Waals surface area contributed by atoms with Crippen LogP contribution in [0.15, 0.2) is 97.1 Å². The second-order valence-corrected chi connectivity index (χ2v) is 9.88. The highest BCUT2D eigenvalue weighted by atomic mass is 79.9. The predicted octanol–water partition coefficient (Wildman–Crippen LogP) is 7.62. The van der Waals surface area contributed by atoms with E-state index in [1.165, 1.54) is 44.5 Å². The maximum absolute atomic E-state index is 4.32. The van der Waals surface area contributed by atoms with Crippen LogP contribution in [0, 0.1) is 0 Å². The van der Waals surface area contributed by atoms with Crippen LogP contribution in [0.2, 0.25) is 0 Å². The highest BCUT2D eigenvalue weighted by molar-refractivity contribution is 9.12. The standard InChI is InChI=1S/C26H16Br2/c27-25(21-13-5-1-9-17(21)18-10-2-6-14-22(18)25)26(28)23-15-7-3-11-19(23)20-12-4-8-16-24(20)26/h1-16H. The third kappa shape index (κ3) is 1.81. The zero-order valence-electron chi connectivity index (χ0n) is 15.0. The van der Waals surface area contributed by atoms with E-state index in [0.717, 1.165) is 0 Å². The van der Waals surface area contributed by atoms with E-state index in [4.69, 9.17) is 0 Å². The average Bonchev–Trinajstić information content (AvgIpc) is 3.19. The molecule has 0 aromatic heterocycles. The molecule has 0 atom stereocenters. The van der Waals surface area contributed by atoms with Gasteiger partial charge in [-0.05, 0) is 44.5 Å². The quantitative estimate of drug-likeness (QED) is 0.242. The molecule has 2 aliphatic carbocycles. The fourth-order valence-electron chi connectivity index (χ4n) is 5.11. The molecule has 0 spiro atoms. The van der Waals surface area contributed by atoms with Gasteiger partial charge in [-0.15, -0.1) is 0 Å². The Morgan fingerprint density at radius 3 is 0.821 bits per heavy atom. The van der Waals surface area contributed by atoms with Gasteiger partial charge in [0.2, 0.25) is 0 Å².